The van der Waals surface area contributed by atoms with Gasteiger partial charge in [0.1, 0.15) is 12.4 Å². The van der Waals surface area contributed by atoms with E-state index in [0.29, 0.717) is 6.61 Å². The van der Waals surface area contributed by atoms with Gasteiger partial charge in [0.05, 0.1) is 5.69 Å². The van der Waals surface area contributed by atoms with Crippen LogP contribution in [-0.4, -0.2) is 47.0 Å². The van der Waals surface area contributed by atoms with Crippen LogP contribution in [0.15, 0.2) is 48.7 Å². The molecule has 4 nitrogen and oxygen atoms in total. The number of ether oxygens (including phenoxy) is 1. The summed E-state index contributed by atoms with van der Waals surface area (Å²) < 4.78 is 6.12. The van der Waals surface area contributed by atoms with E-state index in [1.165, 1.54) is 63.8 Å². The maximum absolute atomic E-state index is 6.12. The molecule has 2 fully saturated rings. The van der Waals surface area contributed by atoms with E-state index < -0.39 is 0 Å². The van der Waals surface area contributed by atoms with E-state index in [1.807, 2.05) is 24.4 Å². The Balaban J connectivity index is 1.40. The molecule has 144 valence electrons. The zero-order valence-electron chi connectivity index (χ0n) is 16.2. The summed E-state index contributed by atoms with van der Waals surface area (Å²) in [6.07, 6.45) is 8.59. The molecule has 4 heteroatoms. The Morgan fingerprint density at radius 1 is 0.926 bits per heavy atom. The summed E-state index contributed by atoms with van der Waals surface area (Å²) in [5, 5.41) is 0. The highest BCUT2D eigenvalue weighted by Crippen LogP contribution is 2.25. The molecule has 0 bridgehead atoms. The molecule has 1 unspecified atom stereocenters. The molecule has 0 saturated carbocycles. The lowest BCUT2D eigenvalue weighted by Crippen LogP contribution is -2.41. The summed E-state index contributed by atoms with van der Waals surface area (Å²) in [7, 11) is 0. The first kappa shape index (κ1) is 18.5. The minimum Gasteiger partial charge on any atom is -0.487 e. The van der Waals surface area contributed by atoms with Crippen molar-refractivity contribution < 1.29 is 4.74 Å². The van der Waals surface area contributed by atoms with Gasteiger partial charge in [-0.1, -0.05) is 30.7 Å². The van der Waals surface area contributed by atoms with Crippen molar-refractivity contribution in [3.05, 3.63) is 59.9 Å². The minimum atomic E-state index is 0.522. The molecule has 27 heavy (non-hydrogen) atoms. The third-order valence-corrected chi connectivity index (χ3v) is 5.86. The van der Waals surface area contributed by atoms with Gasteiger partial charge >= 0.3 is 0 Å². The molecule has 2 saturated heterocycles. The summed E-state index contributed by atoms with van der Waals surface area (Å²) in [6, 6.07) is 15.2. The van der Waals surface area contributed by atoms with Crippen molar-refractivity contribution in [3.63, 3.8) is 0 Å². The number of benzene rings is 1. The first-order chi connectivity index (χ1) is 13.4. The van der Waals surface area contributed by atoms with Crippen molar-refractivity contribution in [2.24, 2.45) is 0 Å². The molecule has 2 aromatic rings. The van der Waals surface area contributed by atoms with Crippen molar-refractivity contribution in [2.45, 2.75) is 51.3 Å². The summed E-state index contributed by atoms with van der Waals surface area (Å²) in [5.74, 6) is 0.991. The van der Waals surface area contributed by atoms with E-state index >= 15 is 0 Å². The highest BCUT2D eigenvalue weighted by molar-refractivity contribution is 5.33. The molecule has 1 aromatic heterocycles. The molecule has 0 radical (unpaired) electrons. The molecule has 0 aliphatic carbocycles. The molecular formula is C23H31N3O. The Kier molecular flexibility index (Phi) is 6.38. The number of pyridine rings is 1. The number of aromatic nitrogens is 1. The predicted octanol–water partition coefficient (Wildman–Crippen LogP) is 4.11. The van der Waals surface area contributed by atoms with Crippen molar-refractivity contribution in [1.29, 1.82) is 0 Å². The molecule has 3 heterocycles. The van der Waals surface area contributed by atoms with Crippen molar-refractivity contribution in [1.82, 2.24) is 14.8 Å². The van der Waals surface area contributed by atoms with Gasteiger partial charge in [-0.15, -0.1) is 0 Å². The topological polar surface area (TPSA) is 28.6 Å². The fourth-order valence-corrected chi connectivity index (χ4v) is 4.40. The van der Waals surface area contributed by atoms with Crippen LogP contribution in [0.25, 0.3) is 0 Å². The summed E-state index contributed by atoms with van der Waals surface area (Å²) in [5.41, 5.74) is 2.26. The third-order valence-electron chi connectivity index (χ3n) is 5.86. The summed E-state index contributed by atoms with van der Waals surface area (Å²) in [4.78, 5) is 9.73. The lowest BCUT2D eigenvalue weighted by molar-refractivity contribution is 0.166. The molecule has 2 aliphatic rings. The van der Waals surface area contributed by atoms with Gasteiger partial charge in [0.2, 0.25) is 0 Å². The molecule has 4 rings (SSSR count). The van der Waals surface area contributed by atoms with Gasteiger partial charge in [-0.25, -0.2) is 0 Å². The molecule has 0 N–H and O–H groups in total. The fraction of sp³-hybridized carbons (Fsp3) is 0.522. The Bertz CT molecular complexity index is 700. The molecule has 0 spiro atoms. The van der Waals surface area contributed by atoms with Crippen LogP contribution < -0.4 is 4.74 Å². The quantitative estimate of drug-likeness (QED) is 0.770. The van der Waals surface area contributed by atoms with Crippen LogP contribution in [0.2, 0.25) is 0 Å². The van der Waals surface area contributed by atoms with Gasteiger partial charge in [-0.2, -0.15) is 0 Å². The first-order valence-electron chi connectivity index (χ1n) is 10.5. The third kappa shape index (κ3) is 5.08. The number of hydrogen-bond donors (Lipinski definition) is 0. The van der Waals surface area contributed by atoms with Crippen LogP contribution in [0, 0.1) is 0 Å². The average Bonchev–Trinajstić information content (AvgIpc) is 3.15. The Morgan fingerprint density at radius 3 is 2.59 bits per heavy atom. The zero-order chi connectivity index (χ0) is 18.3. The SMILES string of the molecule is c1ccc(COc2ccccc2CN2CCCCC(N3CCCC3)C2)nc1. The van der Waals surface area contributed by atoms with E-state index in [4.69, 9.17) is 4.74 Å². The van der Waals surface area contributed by atoms with Crippen molar-refractivity contribution in [2.75, 3.05) is 26.2 Å². The zero-order valence-corrected chi connectivity index (χ0v) is 16.2. The summed E-state index contributed by atoms with van der Waals surface area (Å²) >= 11 is 0. The number of likely N-dealkylation sites (tertiary alicyclic amines) is 2. The van der Waals surface area contributed by atoms with Gasteiger partial charge in [0, 0.05) is 30.9 Å². The smallest absolute Gasteiger partial charge is 0.130 e. The number of nitrogens with zero attached hydrogens (tertiary/aromatic N) is 3. The molecular weight excluding hydrogens is 334 g/mol. The lowest BCUT2D eigenvalue weighted by atomic mass is 10.1. The normalized spacial score (nSPS) is 21.9. The van der Waals surface area contributed by atoms with Crippen molar-refractivity contribution >= 4 is 0 Å². The van der Waals surface area contributed by atoms with E-state index in [1.54, 1.807) is 0 Å². The van der Waals surface area contributed by atoms with Crippen LogP contribution in [-0.2, 0) is 13.2 Å². The van der Waals surface area contributed by atoms with E-state index in [9.17, 15) is 0 Å². The van der Waals surface area contributed by atoms with E-state index in [2.05, 4.69) is 39.0 Å². The summed E-state index contributed by atoms with van der Waals surface area (Å²) in [6.45, 7) is 6.47. The average molecular weight is 366 g/mol. The van der Waals surface area contributed by atoms with Crippen LogP contribution >= 0.6 is 0 Å². The van der Waals surface area contributed by atoms with Crippen LogP contribution in [0.4, 0.5) is 0 Å². The molecule has 0 amide bonds. The second-order valence-corrected chi connectivity index (χ2v) is 7.85. The van der Waals surface area contributed by atoms with Gasteiger partial charge < -0.3 is 4.74 Å². The highest BCUT2D eigenvalue weighted by atomic mass is 16.5. The monoisotopic (exact) mass is 365 g/mol. The Hall–Kier alpha value is -1.91. The maximum atomic E-state index is 6.12. The van der Waals surface area contributed by atoms with Gasteiger partial charge in [0.15, 0.2) is 0 Å². The van der Waals surface area contributed by atoms with Gasteiger partial charge in [0.25, 0.3) is 0 Å². The van der Waals surface area contributed by atoms with Crippen LogP contribution in [0.5, 0.6) is 5.75 Å². The second-order valence-electron chi connectivity index (χ2n) is 7.85. The number of hydrogen-bond acceptors (Lipinski definition) is 4. The van der Waals surface area contributed by atoms with Crippen molar-refractivity contribution in [3.8, 4) is 5.75 Å². The maximum Gasteiger partial charge on any atom is 0.130 e. The largest absolute Gasteiger partial charge is 0.487 e. The van der Waals surface area contributed by atoms with E-state index in [-0.39, 0.29) is 0 Å². The van der Waals surface area contributed by atoms with Gasteiger partial charge in [-0.05, 0) is 63.5 Å². The van der Waals surface area contributed by atoms with Crippen LogP contribution in [0.1, 0.15) is 43.4 Å². The molecule has 1 aromatic carbocycles. The van der Waals surface area contributed by atoms with Gasteiger partial charge in [-0.3, -0.25) is 14.8 Å². The Morgan fingerprint density at radius 2 is 1.74 bits per heavy atom. The molecule has 1 atom stereocenters. The first-order valence-corrected chi connectivity index (χ1v) is 10.5. The predicted molar refractivity (Wildman–Crippen MR) is 109 cm³/mol. The minimum absolute atomic E-state index is 0.522. The molecule has 2 aliphatic heterocycles. The fourth-order valence-electron chi connectivity index (χ4n) is 4.40. The standard InChI is InChI=1S/C23H31N3O/c1-2-12-23(27-19-21-10-3-5-13-24-21)20(9-1)17-25-14-6-4-11-22(18-25)26-15-7-8-16-26/h1-3,5,9-10,12-13,22H,4,6-8,11,14-19H2. The number of rotatable bonds is 6. The van der Waals surface area contributed by atoms with E-state index in [0.717, 1.165) is 24.0 Å². The highest BCUT2D eigenvalue weighted by Gasteiger charge is 2.26. The number of para-hydroxylation sites is 1. The van der Waals surface area contributed by atoms with Crippen LogP contribution in [0.3, 0.4) is 0 Å². The lowest BCUT2D eigenvalue weighted by Gasteiger charge is -2.31. The Labute approximate surface area is 163 Å². The second kappa shape index (κ2) is 9.34.